The van der Waals surface area contributed by atoms with Crippen molar-refractivity contribution in [3.8, 4) is 0 Å². The highest BCUT2D eigenvalue weighted by Gasteiger charge is 2.38. The summed E-state index contributed by atoms with van der Waals surface area (Å²) in [4.78, 5) is 17.7. The first-order valence-electron chi connectivity index (χ1n) is 9.33. The van der Waals surface area contributed by atoms with Crippen LogP contribution in [0.4, 0.5) is 36.4 Å². The number of allylic oxidation sites excluding steroid dienone is 4. The molecule has 1 aliphatic carbocycles. The normalized spacial score (nSPS) is 17.0. The first-order valence-corrected chi connectivity index (χ1v) is 9.33. The largest absolute Gasteiger partial charge is 0.416 e. The van der Waals surface area contributed by atoms with Gasteiger partial charge in [0.1, 0.15) is 5.83 Å². The quantitative estimate of drug-likeness (QED) is 0.481. The number of hydrogen-bond acceptors (Lipinski definition) is 2. The maximum absolute atomic E-state index is 14.5. The standard InChI is InChI=1S/C22H17F7N2O/c1-12-3-4-18(23)17(7-12)16-5-6-30-11-19(16)31(2)20(32)13-8-14(21(24,25)26)10-15(9-13)22(27,28)29/h3-6,8-11,17H,7H2,1-2H3. The highest BCUT2D eigenvalue weighted by Crippen LogP contribution is 2.40. The van der Waals surface area contributed by atoms with Crippen molar-refractivity contribution >= 4 is 11.6 Å². The summed E-state index contributed by atoms with van der Waals surface area (Å²) in [6.07, 6.45) is -4.43. The van der Waals surface area contributed by atoms with E-state index >= 15 is 0 Å². The van der Waals surface area contributed by atoms with E-state index in [2.05, 4.69) is 4.98 Å². The van der Waals surface area contributed by atoms with Crippen LogP contribution in [0.3, 0.4) is 0 Å². The predicted octanol–water partition coefficient (Wildman–Crippen LogP) is 6.68. The van der Waals surface area contributed by atoms with E-state index < -0.39 is 46.7 Å². The van der Waals surface area contributed by atoms with Crippen molar-refractivity contribution in [1.82, 2.24) is 4.98 Å². The fraction of sp³-hybridized carbons (Fsp3) is 0.273. The number of alkyl halides is 6. The first-order chi connectivity index (χ1) is 14.8. The lowest BCUT2D eigenvalue weighted by Crippen LogP contribution is -2.29. The summed E-state index contributed by atoms with van der Waals surface area (Å²) in [7, 11) is 1.18. The minimum Gasteiger partial charge on any atom is -0.310 e. The van der Waals surface area contributed by atoms with Crippen LogP contribution in [-0.2, 0) is 12.4 Å². The molecule has 1 atom stereocenters. The topological polar surface area (TPSA) is 33.2 Å². The predicted molar refractivity (Wildman–Crippen MR) is 104 cm³/mol. The number of nitrogens with zero attached hydrogens (tertiary/aromatic N) is 2. The molecule has 0 saturated carbocycles. The van der Waals surface area contributed by atoms with E-state index in [0.717, 1.165) is 10.5 Å². The Hall–Kier alpha value is -3.17. The second kappa shape index (κ2) is 8.40. The molecule has 3 rings (SSSR count). The Bertz CT molecular complexity index is 1070. The van der Waals surface area contributed by atoms with Crippen LogP contribution in [0.1, 0.15) is 46.3 Å². The molecule has 0 N–H and O–H groups in total. The Balaban J connectivity index is 2.05. The van der Waals surface area contributed by atoms with Gasteiger partial charge in [-0.05, 0) is 49.2 Å². The molecule has 0 radical (unpaired) electrons. The molecule has 3 nitrogen and oxygen atoms in total. The first kappa shape index (κ1) is 23.5. The summed E-state index contributed by atoms with van der Waals surface area (Å²) in [5, 5.41) is 0. The van der Waals surface area contributed by atoms with E-state index in [1.54, 1.807) is 13.0 Å². The lowest BCUT2D eigenvalue weighted by atomic mass is 9.87. The van der Waals surface area contributed by atoms with Crippen LogP contribution < -0.4 is 4.90 Å². The van der Waals surface area contributed by atoms with E-state index in [4.69, 9.17) is 0 Å². The van der Waals surface area contributed by atoms with Crippen LogP contribution in [-0.4, -0.2) is 17.9 Å². The van der Waals surface area contributed by atoms with Gasteiger partial charge in [-0.1, -0.05) is 11.6 Å². The van der Waals surface area contributed by atoms with Gasteiger partial charge in [0.25, 0.3) is 5.91 Å². The zero-order valence-corrected chi connectivity index (χ0v) is 16.9. The summed E-state index contributed by atoms with van der Waals surface area (Å²) in [6.45, 7) is 1.78. The molecular weight excluding hydrogens is 441 g/mol. The zero-order chi connectivity index (χ0) is 23.8. The van der Waals surface area contributed by atoms with Gasteiger partial charge < -0.3 is 4.90 Å². The van der Waals surface area contributed by atoms with Gasteiger partial charge in [-0.2, -0.15) is 26.3 Å². The van der Waals surface area contributed by atoms with Crippen molar-refractivity contribution < 1.29 is 35.5 Å². The maximum Gasteiger partial charge on any atom is 0.416 e. The number of amides is 1. The summed E-state index contributed by atoms with van der Waals surface area (Å²) in [5.41, 5.74) is -2.73. The van der Waals surface area contributed by atoms with Gasteiger partial charge in [-0.3, -0.25) is 9.78 Å². The van der Waals surface area contributed by atoms with Gasteiger partial charge in [-0.25, -0.2) is 4.39 Å². The van der Waals surface area contributed by atoms with Crippen molar-refractivity contribution in [2.45, 2.75) is 31.6 Å². The molecule has 32 heavy (non-hydrogen) atoms. The number of carbonyl (C=O) groups excluding carboxylic acids is 1. The van der Waals surface area contributed by atoms with Gasteiger partial charge in [0.05, 0.1) is 23.0 Å². The lowest BCUT2D eigenvalue weighted by Gasteiger charge is -2.26. The fourth-order valence-electron chi connectivity index (χ4n) is 3.44. The van der Waals surface area contributed by atoms with Crippen LogP contribution in [0.2, 0.25) is 0 Å². The zero-order valence-electron chi connectivity index (χ0n) is 16.9. The average Bonchev–Trinajstić information content (AvgIpc) is 2.73. The van der Waals surface area contributed by atoms with Crippen molar-refractivity contribution in [3.05, 3.63) is 82.5 Å². The van der Waals surface area contributed by atoms with Crippen LogP contribution in [0, 0.1) is 0 Å². The second-order valence-electron chi connectivity index (χ2n) is 7.41. The van der Waals surface area contributed by atoms with Gasteiger partial charge in [0.2, 0.25) is 0 Å². The van der Waals surface area contributed by atoms with Crippen molar-refractivity contribution in [3.63, 3.8) is 0 Å². The van der Waals surface area contributed by atoms with E-state index in [-0.39, 0.29) is 11.8 Å². The Kier molecular flexibility index (Phi) is 6.17. The Morgan fingerprint density at radius 1 is 1.03 bits per heavy atom. The number of anilines is 1. The number of benzene rings is 1. The minimum absolute atomic E-state index is 0.0520. The Morgan fingerprint density at radius 2 is 1.62 bits per heavy atom. The van der Waals surface area contributed by atoms with E-state index in [0.29, 0.717) is 24.1 Å². The average molecular weight is 458 g/mol. The number of pyridine rings is 1. The molecule has 0 aliphatic heterocycles. The third-order valence-corrected chi connectivity index (χ3v) is 5.09. The van der Waals surface area contributed by atoms with Crippen LogP contribution in [0.25, 0.3) is 0 Å². The number of aromatic nitrogens is 1. The number of hydrogen-bond donors (Lipinski definition) is 0. The van der Waals surface area contributed by atoms with Crippen molar-refractivity contribution in [2.75, 3.05) is 11.9 Å². The molecule has 0 fully saturated rings. The molecule has 1 amide bonds. The Labute approximate surface area is 178 Å². The number of carbonyl (C=O) groups is 1. The Morgan fingerprint density at radius 3 is 2.19 bits per heavy atom. The number of rotatable bonds is 3. The van der Waals surface area contributed by atoms with Gasteiger partial charge in [0, 0.05) is 24.7 Å². The molecule has 1 aliphatic rings. The minimum atomic E-state index is -5.09. The van der Waals surface area contributed by atoms with Crippen molar-refractivity contribution in [1.29, 1.82) is 0 Å². The third-order valence-electron chi connectivity index (χ3n) is 5.09. The molecule has 170 valence electrons. The third kappa shape index (κ3) is 4.84. The summed E-state index contributed by atoms with van der Waals surface area (Å²) >= 11 is 0. The van der Waals surface area contributed by atoms with E-state index in [1.165, 1.54) is 31.6 Å². The smallest absolute Gasteiger partial charge is 0.310 e. The van der Waals surface area contributed by atoms with E-state index in [1.807, 2.05) is 0 Å². The molecule has 10 heteroatoms. The van der Waals surface area contributed by atoms with E-state index in [9.17, 15) is 35.5 Å². The van der Waals surface area contributed by atoms with Gasteiger partial charge >= 0.3 is 12.4 Å². The lowest BCUT2D eigenvalue weighted by molar-refractivity contribution is -0.143. The molecular formula is C22H17F7N2O. The van der Waals surface area contributed by atoms with Gasteiger partial charge in [-0.15, -0.1) is 0 Å². The second-order valence-corrected chi connectivity index (χ2v) is 7.41. The summed E-state index contributed by atoms with van der Waals surface area (Å²) in [5.74, 6) is -2.37. The molecule has 0 saturated heterocycles. The molecule has 1 aromatic carbocycles. The molecule has 1 aromatic heterocycles. The SMILES string of the molecule is CC1=CC=C(F)C(c2ccncc2N(C)C(=O)c2cc(C(F)(F)F)cc(C(F)(F)F)c2)C1. The van der Waals surface area contributed by atoms with Crippen molar-refractivity contribution in [2.24, 2.45) is 0 Å². The summed E-state index contributed by atoms with van der Waals surface area (Å²) < 4.78 is 93.4. The van der Waals surface area contributed by atoms with Crippen LogP contribution in [0.5, 0.6) is 0 Å². The van der Waals surface area contributed by atoms with Crippen LogP contribution in [0.15, 0.2) is 60.2 Å². The van der Waals surface area contributed by atoms with Gasteiger partial charge in [0.15, 0.2) is 0 Å². The molecule has 2 aromatic rings. The maximum atomic E-state index is 14.5. The molecule has 0 spiro atoms. The highest BCUT2D eigenvalue weighted by molar-refractivity contribution is 6.06. The monoisotopic (exact) mass is 458 g/mol. The van der Waals surface area contributed by atoms with Crippen LogP contribution >= 0.6 is 0 Å². The molecule has 1 unspecified atom stereocenters. The molecule has 1 heterocycles. The highest BCUT2D eigenvalue weighted by atomic mass is 19.4. The fourth-order valence-corrected chi connectivity index (χ4v) is 3.44. The number of halogens is 7. The summed E-state index contributed by atoms with van der Waals surface area (Å²) in [6, 6.07) is 2.13. The molecule has 0 bridgehead atoms.